The van der Waals surface area contributed by atoms with E-state index in [-0.39, 0.29) is 5.78 Å². The van der Waals surface area contributed by atoms with Gasteiger partial charge in [-0.1, -0.05) is 25.1 Å². The molecule has 1 N–H and O–H groups in total. The molecular formula is C12H13NO. The van der Waals surface area contributed by atoms with Crippen LogP contribution < -0.4 is 0 Å². The first-order valence-corrected chi connectivity index (χ1v) is 4.88. The van der Waals surface area contributed by atoms with E-state index in [1.807, 2.05) is 37.3 Å². The lowest BCUT2D eigenvalue weighted by Crippen LogP contribution is -1.99. The van der Waals surface area contributed by atoms with Gasteiger partial charge in [0.25, 0.3) is 0 Å². The van der Waals surface area contributed by atoms with Gasteiger partial charge in [-0.3, -0.25) is 4.79 Å². The molecule has 0 aliphatic heterocycles. The fourth-order valence-electron chi connectivity index (χ4n) is 1.57. The number of carbonyl (C=O) groups excluding carboxylic acids is 1. The van der Waals surface area contributed by atoms with Gasteiger partial charge in [-0.2, -0.15) is 0 Å². The van der Waals surface area contributed by atoms with Gasteiger partial charge in [-0.25, -0.2) is 0 Å². The normalized spacial score (nSPS) is 10.6. The molecule has 0 saturated carbocycles. The molecule has 2 nitrogen and oxygen atoms in total. The van der Waals surface area contributed by atoms with Gasteiger partial charge in [0, 0.05) is 24.1 Å². The number of ketones is 1. The number of Topliss-reactive ketones (excluding diaryl/α,β-unsaturated/α-hetero) is 1. The molecule has 0 radical (unpaired) electrons. The second-order valence-corrected chi connectivity index (χ2v) is 3.45. The predicted molar refractivity (Wildman–Crippen MR) is 57.3 cm³/mol. The second-order valence-electron chi connectivity index (χ2n) is 3.45. The lowest BCUT2D eigenvalue weighted by atomic mass is 10.2. The SMILES string of the molecule is CCC(=O)Cc1cc2ccccc2[nH]1. The molecule has 0 aliphatic rings. The Bertz CT molecular complexity index is 423. The number of nitrogens with one attached hydrogen (secondary N) is 1. The third-order valence-corrected chi connectivity index (χ3v) is 2.37. The lowest BCUT2D eigenvalue weighted by Gasteiger charge is -1.92. The highest BCUT2D eigenvalue weighted by Crippen LogP contribution is 2.15. The van der Waals surface area contributed by atoms with E-state index in [0.29, 0.717) is 12.8 Å². The Morgan fingerprint density at radius 2 is 2.14 bits per heavy atom. The van der Waals surface area contributed by atoms with Crippen LogP contribution in [0.4, 0.5) is 0 Å². The number of carbonyl (C=O) groups is 1. The summed E-state index contributed by atoms with van der Waals surface area (Å²) in [5.41, 5.74) is 2.12. The molecule has 2 heteroatoms. The van der Waals surface area contributed by atoms with Crippen LogP contribution in [0.15, 0.2) is 30.3 Å². The molecule has 2 rings (SSSR count). The van der Waals surface area contributed by atoms with Crippen molar-refractivity contribution in [3.05, 3.63) is 36.0 Å². The van der Waals surface area contributed by atoms with E-state index in [1.165, 1.54) is 5.39 Å². The number of H-pyrrole nitrogens is 1. The Morgan fingerprint density at radius 3 is 2.86 bits per heavy atom. The van der Waals surface area contributed by atoms with Gasteiger partial charge in [0.1, 0.15) is 5.78 Å². The van der Waals surface area contributed by atoms with Gasteiger partial charge in [-0.15, -0.1) is 0 Å². The zero-order valence-electron chi connectivity index (χ0n) is 8.21. The number of aromatic amines is 1. The number of aromatic nitrogens is 1. The standard InChI is InChI=1S/C12H13NO/c1-2-11(14)8-10-7-9-5-3-4-6-12(9)13-10/h3-7,13H,2,8H2,1H3. The van der Waals surface area contributed by atoms with Crippen LogP contribution in [0, 0.1) is 0 Å². The maximum Gasteiger partial charge on any atom is 0.138 e. The lowest BCUT2D eigenvalue weighted by molar-refractivity contribution is -0.118. The summed E-state index contributed by atoms with van der Waals surface area (Å²) in [6.45, 7) is 1.89. The van der Waals surface area contributed by atoms with E-state index in [4.69, 9.17) is 0 Å². The van der Waals surface area contributed by atoms with Crippen LogP contribution in [0.2, 0.25) is 0 Å². The molecule has 0 fully saturated rings. The minimum atomic E-state index is 0.275. The quantitative estimate of drug-likeness (QED) is 0.787. The summed E-state index contributed by atoms with van der Waals surface area (Å²) < 4.78 is 0. The molecule has 0 unspecified atom stereocenters. The molecule has 0 atom stereocenters. The molecule has 14 heavy (non-hydrogen) atoms. The van der Waals surface area contributed by atoms with Gasteiger partial charge < -0.3 is 4.98 Å². The van der Waals surface area contributed by atoms with Crippen molar-refractivity contribution in [2.45, 2.75) is 19.8 Å². The molecule has 0 aliphatic carbocycles. The van der Waals surface area contributed by atoms with Crippen LogP contribution in [-0.2, 0) is 11.2 Å². The molecule has 2 aromatic rings. The van der Waals surface area contributed by atoms with E-state index in [1.54, 1.807) is 0 Å². The van der Waals surface area contributed by atoms with Crippen molar-refractivity contribution >= 4 is 16.7 Å². The summed E-state index contributed by atoms with van der Waals surface area (Å²) in [7, 11) is 0. The zero-order valence-corrected chi connectivity index (χ0v) is 8.21. The number of benzene rings is 1. The number of hydrogen-bond donors (Lipinski definition) is 1. The van der Waals surface area contributed by atoms with Crippen molar-refractivity contribution in [3.8, 4) is 0 Å². The fraction of sp³-hybridized carbons (Fsp3) is 0.250. The topological polar surface area (TPSA) is 32.9 Å². The fourth-order valence-corrected chi connectivity index (χ4v) is 1.57. The summed E-state index contributed by atoms with van der Waals surface area (Å²) in [6.07, 6.45) is 1.13. The summed E-state index contributed by atoms with van der Waals surface area (Å²) in [5, 5.41) is 1.17. The summed E-state index contributed by atoms with van der Waals surface area (Å²) in [5.74, 6) is 0.275. The minimum absolute atomic E-state index is 0.275. The smallest absolute Gasteiger partial charge is 0.138 e. The minimum Gasteiger partial charge on any atom is -0.358 e. The molecule has 1 heterocycles. The Hall–Kier alpha value is -1.57. The molecule has 1 aromatic heterocycles. The van der Waals surface area contributed by atoms with Gasteiger partial charge >= 0.3 is 0 Å². The van der Waals surface area contributed by atoms with Gasteiger partial charge in [0.05, 0.1) is 0 Å². The first-order chi connectivity index (χ1) is 6.79. The predicted octanol–water partition coefficient (Wildman–Crippen LogP) is 2.69. The van der Waals surface area contributed by atoms with E-state index in [2.05, 4.69) is 4.98 Å². The van der Waals surface area contributed by atoms with Crippen LogP contribution >= 0.6 is 0 Å². The third-order valence-electron chi connectivity index (χ3n) is 2.37. The number of fused-ring (bicyclic) bond motifs is 1. The molecule has 0 saturated heterocycles. The highest BCUT2D eigenvalue weighted by molar-refractivity contribution is 5.84. The van der Waals surface area contributed by atoms with Crippen LogP contribution in [0.1, 0.15) is 19.0 Å². The number of hydrogen-bond acceptors (Lipinski definition) is 1. The third kappa shape index (κ3) is 1.69. The Kier molecular flexibility index (Phi) is 2.35. The van der Waals surface area contributed by atoms with Crippen molar-refractivity contribution in [1.82, 2.24) is 4.98 Å². The Morgan fingerprint density at radius 1 is 1.36 bits per heavy atom. The molecule has 0 bridgehead atoms. The van der Waals surface area contributed by atoms with E-state index < -0.39 is 0 Å². The van der Waals surface area contributed by atoms with Crippen molar-refractivity contribution in [2.75, 3.05) is 0 Å². The van der Waals surface area contributed by atoms with Crippen molar-refractivity contribution in [1.29, 1.82) is 0 Å². The average Bonchev–Trinajstić information content (AvgIpc) is 2.59. The Balaban J connectivity index is 2.31. The second kappa shape index (κ2) is 3.66. The van der Waals surface area contributed by atoms with Crippen molar-refractivity contribution < 1.29 is 4.79 Å². The molecule has 0 spiro atoms. The Labute approximate surface area is 82.9 Å². The largest absolute Gasteiger partial charge is 0.358 e. The number of para-hydroxylation sites is 1. The van der Waals surface area contributed by atoms with Crippen molar-refractivity contribution in [3.63, 3.8) is 0 Å². The summed E-state index contributed by atoms with van der Waals surface area (Å²) in [6, 6.07) is 10.1. The highest BCUT2D eigenvalue weighted by Gasteiger charge is 2.03. The monoisotopic (exact) mass is 187 g/mol. The van der Waals surface area contributed by atoms with E-state index in [0.717, 1.165) is 11.2 Å². The highest BCUT2D eigenvalue weighted by atomic mass is 16.1. The van der Waals surface area contributed by atoms with Crippen LogP contribution in [0.25, 0.3) is 10.9 Å². The van der Waals surface area contributed by atoms with Crippen molar-refractivity contribution in [2.24, 2.45) is 0 Å². The average molecular weight is 187 g/mol. The summed E-state index contributed by atoms with van der Waals surface area (Å²) >= 11 is 0. The van der Waals surface area contributed by atoms with Crippen LogP contribution in [-0.4, -0.2) is 10.8 Å². The zero-order chi connectivity index (χ0) is 9.97. The molecular weight excluding hydrogens is 174 g/mol. The van der Waals surface area contributed by atoms with E-state index >= 15 is 0 Å². The molecule has 1 aromatic carbocycles. The van der Waals surface area contributed by atoms with Gasteiger partial charge in [-0.05, 0) is 17.5 Å². The molecule has 72 valence electrons. The van der Waals surface area contributed by atoms with Gasteiger partial charge in [0.2, 0.25) is 0 Å². The molecule has 0 amide bonds. The van der Waals surface area contributed by atoms with E-state index in [9.17, 15) is 4.79 Å². The van der Waals surface area contributed by atoms with Crippen LogP contribution in [0.5, 0.6) is 0 Å². The first kappa shape index (κ1) is 9.00. The number of rotatable bonds is 3. The van der Waals surface area contributed by atoms with Gasteiger partial charge in [0.15, 0.2) is 0 Å². The maximum absolute atomic E-state index is 11.2. The first-order valence-electron chi connectivity index (χ1n) is 4.88. The summed E-state index contributed by atoms with van der Waals surface area (Å²) in [4.78, 5) is 14.5. The van der Waals surface area contributed by atoms with Crippen LogP contribution in [0.3, 0.4) is 0 Å². The maximum atomic E-state index is 11.2.